The largest absolute Gasteiger partial charge is 0.458 e. The number of unbranched alkanes of at least 4 members (excludes halogenated alkanes) is 1. The average molecular weight is 607 g/mol. The molecule has 248 valence electrons. The minimum absolute atomic E-state index is 0.0573. The Balaban J connectivity index is 0.00000141. The van der Waals surface area contributed by atoms with Gasteiger partial charge in [-0.3, -0.25) is 0 Å². The number of ether oxygens (including phenoxy) is 1. The Morgan fingerprint density at radius 1 is 0.909 bits per heavy atom. The molecule has 4 aliphatic carbocycles. The van der Waals surface area contributed by atoms with E-state index in [-0.39, 0.29) is 17.5 Å². The summed E-state index contributed by atoms with van der Waals surface area (Å²) in [7, 11) is 0. The number of hydrogen-bond acceptors (Lipinski definition) is 4. The molecule has 44 heavy (non-hydrogen) atoms. The summed E-state index contributed by atoms with van der Waals surface area (Å²) in [6.45, 7) is 21.3. The van der Waals surface area contributed by atoms with Gasteiger partial charge >= 0.3 is 5.97 Å². The van der Waals surface area contributed by atoms with Crippen molar-refractivity contribution in [2.45, 2.75) is 145 Å². The van der Waals surface area contributed by atoms with E-state index in [0.29, 0.717) is 33.7 Å². The number of allylic oxidation sites excluding steroid dienone is 2. The van der Waals surface area contributed by atoms with Crippen LogP contribution in [0.4, 0.5) is 11.4 Å². The minimum Gasteiger partial charge on any atom is -0.458 e. The minimum atomic E-state index is -0.292. The first kappa shape index (κ1) is 34.9. The van der Waals surface area contributed by atoms with Crippen molar-refractivity contribution in [3.63, 3.8) is 0 Å². The van der Waals surface area contributed by atoms with Gasteiger partial charge in [-0.25, -0.2) is 4.79 Å². The number of carbonyl (C=O) groups is 1. The zero-order valence-electron chi connectivity index (χ0n) is 29.8. The third-order valence-corrected chi connectivity index (χ3v) is 13.2. The van der Waals surface area contributed by atoms with Crippen LogP contribution in [0.15, 0.2) is 29.8 Å². The molecule has 4 fully saturated rings. The van der Waals surface area contributed by atoms with Crippen LogP contribution in [0.5, 0.6) is 0 Å². The lowest BCUT2D eigenvalue weighted by Crippen LogP contribution is -2.59. The molecule has 0 aliphatic heterocycles. The fourth-order valence-corrected chi connectivity index (χ4v) is 11.3. The summed E-state index contributed by atoms with van der Waals surface area (Å²) >= 11 is 0. The number of hydrogen-bond donors (Lipinski definition) is 2. The molecule has 1 aromatic carbocycles. The van der Waals surface area contributed by atoms with E-state index in [4.69, 9.17) is 16.2 Å². The van der Waals surface area contributed by atoms with Crippen LogP contribution in [0.1, 0.15) is 150 Å². The van der Waals surface area contributed by atoms with E-state index in [0.717, 1.165) is 42.4 Å². The Labute approximate surface area is 270 Å². The van der Waals surface area contributed by atoms with Gasteiger partial charge in [0.2, 0.25) is 0 Å². The maximum Gasteiger partial charge on any atom is 0.338 e. The monoisotopic (exact) mass is 607 g/mol. The second-order valence-electron chi connectivity index (χ2n) is 16.8. The van der Waals surface area contributed by atoms with Crippen molar-refractivity contribution < 1.29 is 9.53 Å². The van der Waals surface area contributed by atoms with E-state index >= 15 is 0 Å². The molecule has 0 radical (unpaired) electrons. The fraction of sp³-hybridized carbons (Fsp3) is 0.775. The highest BCUT2D eigenvalue weighted by atomic mass is 16.5. The van der Waals surface area contributed by atoms with Gasteiger partial charge in [-0.05, 0) is 143 Å². The number of carbonyl (C=O) groups excluding carboxylic acids is 1. The maximum absolute atomic E-state index is 13.2. The van der Waals surface area contributed by atoms with E-state index in [1.807, 2.05) is 0 Å². The Kier molecular flexibility index (Phi) is 10.9. The van der Waals surface area contributed by atoms with Crippen LogP contribution in [0, 0.1) is 51.8 Å². The maximum atomic E-state index is 13.2. The molecule has 9 unspecified atom stereocenters. The average Bonchev–Trinajstić information content (AvgIpc) is 3.30. The van der Waals surface area contributed by atoms with Gasteiger partial charge in [0.05, 0.1) is 5.56 Å². The lowest BCUT2D eigenvalue weighted by atomic mass is 9.41. The second-order valence-corrected chi connectivity index (χ2v) is 16.8. The van der Waals surface area contributed by atoms with Crippen molar-refractivity contribution >= 4 is 17.3 Å². The first-order valence-corrected chi connectivity index (χ1v) is 18.2. The summed E-state index contributed by atoms with van der Waals surface area (Å²) in [5.41, 5.74) is 15.6. The molecule has 5 rings (SSSR count). The smallest absolute Gasteiger partial charge is 0.338 e. The van der Waals surface area contributed by atoms with Crippen molar-refractivity contribution in [2.24, 2.45) is 51.8 Å². The first-order chi connectivity index (χ1) is 20.7. The number of rotatable bonds is 7. The highest BCUT2D eigenvalue weighted by Crippen LogP contribution is 2.70. The van der Waals surface area contributed by atoms with Crippen LogP contribution >= 0.6 is 0 Å². The zero-order chi connectivity index (χ0) is 32.4. The molecule has 9 atom stereocenters. The van der Waals surface area contributed by atoms with Gasteiger partial charge in [-0.2, -0.15) is 0 Å². The van der Waals surface area contributed by atoms with Crippen LogP contribution in [0.3, 0.4) is 0 Å². The van der Waals surface area contributed by atoms with Crippen LogP contribution in [-0.2, 0) is 4.74 Å². The summed E-state index contributed by atoms with van der Waals surface area (Å²) < 4.78 is 6.26. The number of nitrogen functional groups attached to an aromatic ring is 2. The molecule has 0 aromatic heterocycles. The SMILES string of the molecule is CC(C)=CCCCC(C)C1CCC2C3CCC4C(C)(C)C(OC(=O)c5cc(N)cc(N)c5)CCC4(C)C3CCC12C.CCC. The number of nitrogens with two attached hydrogens (primary N) is 2. The molecule has 4 heteroatoms. The molecule has 4 saturated carbocycles. The topological polar surface area (TPSA) is 78.3 Å². The molecule has 4 N–H and O–H groups in total. The Bertz CT molecular complexity index is 1150. The van der Waals surface area contributed by atoms with Crippen molar-refractivity contribution in [2.75, 3.05) is 11.5 Å². The number of anilines is 2. The van der Waals surface area contributed by atoms with Crippen molar-refractivity contribution in [1.29, 1.82) is 0 Å². The van der Waals surface area contributed by atoms with Crippen LogP contribution in [-0.4, -0.2) is 12.1 Å². The molecular formula is C40H66N2O2. The van der Waals surface area contributed by atoms with E-state index in [2.05, 4.69) is 68.4 Å². The second kappa shape index (κ2) is 13.8. The molecule has 0 heterocycles. The molecule has 1 aromatic rings. The van der Waals surface area contributed by atoms with Gasteiger partial charge in [0.15, 0.2) is 0 Å². The fourth-order valence-electron chi connectivity index (χ4n) is 11.3. The molecule has 0 saturated heterocycles. The Morgan fingerprint density at radius 2 is 1.52 bits per heavy atom. The summed E-state index contributed by atoms with van der Waals surface area (Å²) in [4.78, 5) is 13.2. The molecule has 0 amide bonds. The quantitative estimate of drug-likeness (QED) is 0.140. The molecular weight excluding hydrogens is 540 g/mol. The molecule has 4 aliphatic rings. The van der Waals surface area contributed by atoms with Gasteiger partial charge < -0.3 is 16.2 Å². The Morgan fingerprint density at radius 3 is 2.16 bits per heavy atom. The summed E-state index contributed by atoms with van der Waals surface area (Å²) in [5.74, 6) is 4.55. The van der Waals surface area contributed by atoms with Gasteiger partial charge in [0.1, 0.15) is 6.10 Å². The Hall–Kier alpha value is -1.97. The van der Waals surface area contributed by atoms with Crippen LogP contribution < -0.4 is 11.5 Å². The van der Waals surface area contributed by atoms with E-state index in [1.165, 1.54) is 69.8 Å². The van der Waals surface area contributed by atoms with E-state index in [1.54, 1.807) is 18.2 Å². The number of benzene rings is 1. The number of esters is 1. The first-order valence-electron chi connectivity index (χ1n) is 18.2. The predicted molar refractivity (Wildman–Crippen MR) is 187 cm³/mol. The lowest BCUT2D eigenvalue weighted by Gasteiger charge is -2.65. The highest BCUT2D eigenvalue weighted by Gasteiger charge is 2.63. The zero-order valence-corrected chi connectivity index (χ0v) is 29.8. The van der Waals surface area contributed by atoms with Gasteiger partial charge in [-0.15, -0.1) is 0 Å². The molecule has 4 nitrogen and oxygen atoms in total. The number of fused-ring (bicyclic) bond motifs is 5. The van der Waals surface area contributed by atoms with Crippen molar-refractivity contribution in [3.05, 3.63) is 35.4 Å². The van der Waals surface area contributed by atoms with Gasteiger partial charge in [0.25, 0.3) is 0 Å². The summed E-state index contributed by atoms with van der Waals surface area (Å²) in [5, 5.41) is 0. The van der Waals surface area contributed by atoms with Gasteiger partial charge in [-0.1, -0.05) is 73.0 Å². The standard InChI is InChI=1S/C37H58N2O2.C3H8/c1-23(2)10-8-9-11-24(3)29-13-14-30-28-12-15-32-35(4,5)33(41-34(40)25-20-26(38)22-27(39)21-25)17-19-37(32,7)31(28)16-18-36(29,30)6;1-3-2/h10,20-22,24,28-33H,8-9,11-19,38-39H2,1-7H3;3H2,1-2H3. The third kappa shape index (κ3) is 6.75. The third-order valence-electron chi connectivity index (χ3n) is 13.2. The van der Waals surface area contributed by atoms with Crippen molar-refractivity contribution in [3.8, 4) is 0 Å². The normalized spacial score (nSPS) is 36.0. The van der Waals surface area contributed by atoms with E-state index in [9.17, 15) is 4.79 Å². The predicted octanol–water partition coefficient (Wildman–Crippen LogP) is 10.9. The summed E-state index contributed by atoms with van der Waals surface area (Å²) in [6.07, 6.45) is 17.9. The molecule has 0 bridgehead atoms. The molecule has 0 spiro atoms. The lowest BCUT2D eigenvalue weighted by molar-refractivity contribution is -0.180. The van der Waals surface area contributed by atoms with Crippen LogP contribution in [0.25, 0.3) is 0 Å². The highest BCUT2D eigenvalue weighted by molar-refractivity contribution is 5.91. The van der Waals surface area contributed by atoms with Crippen LogP contribution in [0.2, 0.25) is 0 Å². The van der Waals surface area contributed by atoms with E-state index < -0.39 is 0 Å². The summed E-state index contributed by atoms with van der Waals surface area (Å²) in [6, 6.07) is 5.04. The van der Waals surface area contributed by atoms with Gasteiger partial charge in [0, 0.05) is 16.8 Å². The van der Waals surface area contributed by atoms with Crippen molar-refractivity contribution in [1.82, 2.24) is 0 Å².